The minimum absolute atomic E-state index is 0.00892. The highest BCUT2D eigenvalue weighted by molar-refractivity contribution is 5.89. The van der Waals surface area contributed by atoms with Crippen LogP contribution in [-0.4, -0.2) is 40.5 Å². The minimum Gasteiger partial charge on any atom is -0.497 e. The van der Waals surface area contributed by atoms with E-state index < -0.39 is 5.97 Å². The van der Waals surface area contributed by atoms with Crippen LogP contribution in [0.25, 0.3) is 0 Å². The number of benzene rings is 1. The van der Waals surface area contributed by atoms with Crippen molar-refractivity contribution >= 4 is 11.9 Å². The van der Waals surface area contributed by atoms with Crippen LogP contribution in [0.2, 0.25) is 0 Å². The fourth-order valence-corrected chi connectivity index (χ4v) is 2.96. The Labute approximate surface area is 139 Å². The third kappa shape index (κ3) is 3.22. The second kappa shape index (κ2) is 6.70. The molecule has 6 nitrogen and oxygen atoms in total. The smallest absolute Gasteiger partial charge is 0.337 e. The van der Waals surface area contributed by atoms with Gasteiger partial charge in [-0.05, 0) is 35.2 Å². The van der Waals surface area contributed by atoms with Gasteiger partial charge in [-0.1, -0.05) is 12.1 Å². The lowest BCUT2D eigenvalue weighted by Gasteiger charge is -2.29. The van der Waals surface area contributed by atoms with E-state index in [2.05, 4.69) is 4.98 Å². The number of aromatic carboxylic acids is 1. The molecule has 2 heterocycles. The van der Waals surface area contributed by atoms with Crippen LogP contribution in [0.15, 0.2) is 36.7 Å². The van der Waals surface area contributed by atoms with Crippen molar-refractivity contribution in [3.05, 3.63) is 58.9 Å². The first kappa shape index (κ1) is 16.0. The van der Waals surface area contributed by atoms with Gasteiger partial charge in [-0.25, -0.2) is 4.79 Å². The van der Waals surface area contributed by atoms with E-state index in [-0.39, 0.29) is 11.5 Å². The van der Waals surface area contributed by atoms with Gasteiger partial charge in [-0.3, -0.25) is 9.78 Å². The highest BCUT2D eigenvalue weighted by Gasteiger charge is 2.24. The molecule has 0 radical (unpaired) electrons. The van der Waals surface area contributed by atoms with Crippen LogP contribution in [0.1, 0.15) is 27.0 Å². The van der Waals surface area contributed by atoms with Gasteiger partial charge in [0.05, 0.1) is 19.1 Å². The third-order valence-corrected chi connectivity index (χ3v) is 4.21. The predicted molar refractivity (Wildman–Crippen MR) is 87.0 cm³/mol. The summed E-state index contributed by atoms with van der Waals surface area (Å²) in [6.07, 6.45) is 3.84. The number of carboxylic acids is 1. The average Bonchev–Trinajstić information content (AvgIpc) is 2.60. The molecule has 1 aliphatic rings. The quantitative estimate of drug-likeness (QED) is 0.928. The largest absolute Gasteiger partial charge is 0.497 e. The summed E-state index contributed by atoms with van der Waals surface area (Å²) in [5.74, 6) is -0.246. The summed E-state index contributed by atoms with van der Waals surface area (Å²) in [6.45, 7) is 0.909. The minimum atomic E-state index is -0.976. The number of carbonyl (C=O) groups excluding carboxylic acids is 1. The summed E-state index contributed by atoms with van der Waals surface area (Å²) >= 11 is 0. The Bertz CT molecular complexity index is 788. The molecule has 2 aromatic rings. The lowest BCUT2D eigenvalue weighted by atomic mass is 9.96. The Balaban J connectivity index is 1.74. The fourth-order valence-electron chi connectivity index (χ4n) is 2.96. The molecule has 0 aliphatic carbocycles. The Kier molecular flexibility index (Phi) is 4.46. The van der Waals surface area contributed by atoms with Crippen LogP contribution in [-0.2, 0) is 24.2 Å². The molecule has 0 saturated heterocycles. The van der Waals surface area contributed by atoms with Crippen molar-refractivity contribution in [3.63, 3.8) is 0 Å². The van der Waals surface area contributed by atoms with Gasteiger partial charge in [-0.15, -0.1) is 0 Å². The van der Waals surface area contributed by atoms with E-state index in [0.29, 0.717) is 25.9 Å². The number of aromatic nitrogens is 1. The molecule has 0 fully saturated rings. The molecule has 1 amide bonds. The van der Waals surface area contributed by atoms with E-state index in [1.165, 1.54) is 6.20 Å². The Hall–Kier alpha value is -2.89. The van der Waals surface area contributed by atoms with E-state index in [1.807, 2.05) is 24.3 Å². The van der Waals surface area contributed by atoms with Gasteiger partial charge in [0.2, 0.25) is 5.91 Å². The first-order valence-corrected chi connectivity index (χ1v) is 7.68. The van der Waals surface area contributed by atoms with Crippen molar-refractivity contribution in [2.75, 3.05) is 13.7 Å². The summed E-state index contributed by atoms with van der Waals surface area (Å²) in [5.41, 5.74) is 2.71. The highest BCUT2D eigenvalue weighted by Crippen LogP contribution is 2.22. The van der Waals surface area contributed by atoms with Gasteiger partial charge in [0.15, 0.2) is 0 Å². The van der Waals surface area contributed by atoms with E-state index in [9.17, 15) is 14.7 Å². The van der Waals surface area contributed by atoms with Crippen LogP contribution in [0, 0.1) is 0 Å². The number of rotatable bonds is 4. The molecule has 1 aliphatic heterocycles. The number of pyridine rings is 1. The van der Waals surface area contributed by atoms with Crippen LogP contribution in [0.5, 0.6) is 5.75 Å². The fraction of sp³-hybridized carbons (Fsp3) is 0.278. The topological polar surface area (TPSA) is 79.7 Å². The summed E-state index contributed by atoms with van der Waals surface area (Å²) in [4.78, 5) is 29.5. The molecule has 0 saturated carbocycles. The average molecular weight is 326 g/mol. The molecule has 1 aromatic heterocycles. The number of methoxy groups -OCH3 is 1. The maximum atomic E-state index is 12.5. The van der Waals surface area contributed by atoms with Crippen LogP contribution < -0.4 is 4.74 Å². The van der Waals surface area contributed by atoms with Crippen molar-refractivity contribution in [1.82, 2.24) is 9.88 Å². The molecule has 0 spiro atoms. The second-order valence-electron chi connectivity index (χ2n) is 5.72. The Morgan fingerprint density at radius 2 is 2.17 bits per heavy atom. The zero-order valence-electron chi connectivity index (χ0n) is 13.4. The van der Waals surface area contributed by atoms with Gasteiger partial charge in [0, 0.05) is 25.5 Å². The number of hydrogen-bond donors (Lipinski definition) is 1. The Morgan fingerprint density at radius 3 is 2.92 bits per heavy atom. The second-order valence-corrected chi connectivity index (χ2v) is 5.72. The maximum Gasteiger partial charge on any atom is 0.337 e. The Morgan fingerprint density at radius 1 is 1.33 bits per heavy atom. The standard InChI is InChI=1S/C18H18N2O4/c1-24-14-4-2-3-12(7-14)8-17(21)20-6-5-15-13(11-20)9-19-10-16(15)18(22)23/h2-4,7,9-10H,5-6,8,11H2,1H3,(H,22,23). The number of amides is 1. The third-order valence-electron chi connectivity index (χ3n) is 4.21. The van der Waals surface area contributed by atoms with Crippen molar-refractivity contribution in [2.45, 2.75) is 19.4 Å². The van der Waals surface area contributed by atoms with Gasteiger partial charge < -0.3 is 14.7 Å². The number of ether oxygens (including phenoxy) is 1. The lowest BCUT2D eigenvalue weighted by molar-refractivity contribution is -0.131. The van der Waals surface area contributed by atoms with Gasteiger partial charge >= 0.3 is 5.97 Å². The van der Waals surface area contributed by atoms with Gasteiger partial charge in [0.1, 0.15) is 5.75 Å². The number of hydrogen-bond acceptors (Lipinski definition) is 4. The SMILES string of the molecule is COc1cccc(CC(=O)N2CCc3c(cncc3C(=O)O)C2)c1. The van der Waals surface area contributed by atoms with Gasteiger partial charge in [-0.2, -0.15) is 0 Å². The maximum absolute atomic E-state index is 12.5. The van der Waals surface area contributed by atoms with E-state index in [4.69, 9.17) is 4.74 Å². The number of fused-ring (bicyclic) bond motifs is 1. The zero-order chi connectivity index (χ0) is 17.1. The summed E-state index contributed by atoms with van der Waals surface area (Å²) in [6, 6.07) is 7.43. The number of carbonyl (C=O) groups is 2. The first-order chi connectivity index (χ1) is 11.6. The molecule has 1 N–H and O–H groups in total. The van der Waals surface area contributed by atoms with Crippen LogP contribution in [0.3, 0.4) is 0 Å². The molecular formula is C18H18N2O4. The molecule has 0 unspecified atom stereocenters. The van der Waals surface area contributed by atoms with Crippen molar-refractivity contribution in [3.8, 4) is 5.75 Å². The zero-order valence-corrected chi connectivity index (χ0v) is 13.4. The molecule has 3 rings (SSSR count). The summed E-state index contributed by atoms with van der Waals surface area (Å²) < 4.78 is 5.18. The van der Waals surface area contributed by atoms with Crippen LogP contribution >= 0.6 is 0 Å². The van der Waals surface area contributed by atoms with E-state index >= 15 is 0 Å². The van der Waals surface area contributed by atoms with E-state index in [0.717, 1.165) is 22.4 Å². The van der Waals surface area contributed by atoms with Crippen molar-refractivity contribution in [1.29, 1.82) is 0 Å². The molecule has 1 aromatic carbocycles. The predicted octanol–water partition coefficient (Wildman–Crippen LogP) is 1.92. The van der Waals surface area contributed by atoms with Crippen LogP contribution in [0.4, 0.5) is 0 Å². The highest BCUT2D eigenvalue weighted by atomic mass is 16.5. The van der Waals surface area contributed by atoms with Crippen molar-refractivity contribution in [2.24, 2.45) is 0 Å². The lowest BCUT2D eigenvalue weighted by Crippen LogP contribution is -2.37. The molecule has 0 bridgehead atoms. The molecule has 6 heteroatoms. The normalized spacial score (nSPS) is 13.3. The number of carboxylic acid groups (broad SMARTS) is 1. The number of nitrogens with zero attached hydrogens (tertiary/aromatic N) is 2. The molecular weight excluding hydrogens is 308 g/mol. The van der Waals surface area contributed by atoms with Gasteiger partial charge in [0.25, 0.3) is 0 Å². The monoisotopic (exact) mass is 326 g/mol. The van der Waals surface area contributed by atoms with E-state index in [1.54, 1.807) is 18.2 Å². The molecule has 24 heavy (non-hydrogen) atoms. The molecule has 0 atom stereocenters. The first-order valence-electron chi connectivity index (χ1n) is 7.68. The van der Waals surface area contributed by atoms with Crippen molar-refractivity contribution < 1.29 is 19.4 Å². The molecule has 124 valence electrons. The summed E-state index contributed by atoms with van der Waals surface area (Å²) in [5, 5.41) is 9.23. The summed E-state index contributed by atoms with van der Waals surface area (Å²) in [7, 11) is 1.59.